The lowest BCUT2D eigenvalue weighted by Gasteiger charge is -2.35. The van der Waals surface area contributed by atoms with Crippen molar-refractivity contribution in [1.82, 2.24) is 0 Å². The van der Waals surface area contributed by atoms with E-state index in [4.69, 9.17) is 0 Å². The topological polar surface area (TPSA) is 0 Å². The van der Waals surface area contributed by atoms with Crippen LogP contribution in [0.3, 0.4) is 0 Å². The Morgan fingerprint density at radius 3 is 1.30 bits per heavy atom. The molecule has 0 atom stereocenters. The van der Waals surface area contributed by atoms with Gasteiger partial charge in [-0.2, -0.15) is 0 Å². The summed E-state index contributed by atoms with van der Waals surface area (Å²) in [5.41, 5.74) is 1.12. The van der Waals surface area contributed by atoms with Gasteiger partial charge in [0.25, 0.3) is 0 Å². The van der Waals surface area contributed by atoms with E-state index >= 15 is 0 Å². The molecule has 1 aliphatic rings. The van der Waals surface area contributed by atoms with Gasteiger partial charge in [-0.1, -0.05) is 47.2 Å². The zero-order valence-corrected chi connectivity index (χ0v) is 7.99. The lowest BCUT2D eigenvalue weighted by atomic mass is 9.49. The van der Waals surface area contributed by atoms with Crippen LogP contribution in [0.15, 0.2) is 0 Å². The molecule has 1 saturated heterocycles. The monoisotopic (exact) mass is 138 g/mol. The van der Waals surface area contributed by atoms with Crippen molar-refractivity contribution < 1.29 is 0 Å². The van der Waals surface area contributed by atoms with Gasteiger partial charge >= 0.3 is 0 Å². The first-order valence-corrected chi connectivity index (χ1v) is 4.35. The Hall–Kier alpha value is 0.0649. The zero-order valence-electron chi connectivity index (χ0n) is 7.99. The summed E-state index contributed by atoms with van der Waals surface area (Å²) < 4.78 is 0. The van der Waals surface area contributed by atoms with E-state index < -0.39 is 0 Å². The van der Waals surface area contributed by atoms with Gasteiger partial charge in [0.15, 0.2) is 0 Å². The van der Waals surface area contributed by atoms with E-state index in [1.807, 2.05) is 0 Å². The van der Waals surface area contributed by atoms with E-state index in [9.17, 15) is 0 Å². The SMILES string of the molecule is CB1CC(C)(C)C(C)(C)C1. The molecule has 0 N–H and O–H groups in total. The average molecular weight is 138 g/mol. The Morgan fingerprint density at radius 1 is 0.900 bits per heavy atom. The molecule has 0 bridgehead atoms. The fraction of sp³-hybridized carbons (Fsp3) is 1.00. The van der Waals surface area contributed by atoms with Gasteiger partial charge in [-0.05, 0) is 10.8 Å². The second kappa shape index (κ2) is 2.02. The molecule has 0 aliphatic carbocycles. The van der Waals surface area contributed by atoms with Crippen LogP contribution in [-0.4, -0.2) is 6.71 Å². The quantitative estimate of drug-likeness (QED) is 0.451. The third-order valence-electron chi connectivity index (χ3n) is 3.55. The van der Waals surface area contributed by atoms with Crippen molar-refractivity contribution in [2.45, 2.75) is 47.2 Å². The molecule has 1 rings (SSSR count). The van der Waals surface area contributed by atoms with Crippen molar-refractivity contribution in [3.8, 4) is 0 Å². The van der Waals surface area contributed by atoms with Crippen molar-refractivity contribution in [3.05, 3.63) is 0 Å². The van der Waals surface area contributed by atoms with Gasteiger partial charge in [-0.3, -0.25) is 0 Å². The molecule has 0 radical (unpaired) electrons. The van der Waals surface area contributed by atoms with Crippen molar-refractivity contribution in [2.75, 3.05) is 0 Å². The summed E-state index contributed by atoms with van der Waals surface area (Å²) in [6, 6.07) is 0. The van der Waals surface area contributed by atoms with Crippen molar-refractivity contribution in [1.29, 1.82) is 0 Å². The van der Waals surface area contributed by atoms with E-state index in [1.54, 1.807) is 0 Å². The minimum atomic E-state index is 0.562. The first kappa shape index (κ1) is 8.16. The highest BCUT2D eigenvalue weighted by Gasteiger charge is 2.45. The molecule has 1 heteroatoms. The Labute approximate surface area is 65.5 Å². The van der Waals surface area contributed by atoms with Crippen molar-refractivity contribution >= 4 is 6.71 Å². The van der Waals surface area contributed by atoms with Crippen LogP contribution < -0.4 is 0 Å². The molecular weight excluding hydrogens is 119 g/mol. The maximum absolute atomic E-state index is 2.40. The molecule has 58 valence electrons. The Morgan fingerprint density at radius 2 is 1.20 bits per heavy atom. The van der Waals surface area contributed by atoms with Gasteiger partial charge in [-0.25, -0.2) is 0 Å². The molecule has 0 aromatic heterocycles. The van der Waals surface area contributed by atoms with Crippen LogP contribution in [0.4, 0.5) is 0 Å². The zero-order chi connectivity index (χ0) is 7.99. The van der Waals surface area contributed by atoms with Gasteiger partial charge in [0.05, 0.1) is 0 Å². The summed E-state index contributed by atoms with van der Waals surface area (Å²) in [5.74, 6) is 0. The molecule has 0 nitrogen and oxygen atoms in total. The second-order valence-corrected chi connectivity index (χ2v) is 5.28. The predicted octanol–water partition coefficient (Wildman–Crippen LogP) is 3.18. The van der Waals surface area contributed by atoms with E-state index in [2.05, 4.69) is 34.5 Å². The summed E-state index contributed by atoms with van der Waals surface area (Å²) in [6.45, 7) is 12.9. The summed E-state index contributed by atoms with van der Waals surface area (Å²) in [7, 11) is 0. The van der Waals surface area contributed by atoms with Crippen LogP contribution in [0.2, 0.25) is 19.5 Å². The van der Waals surface area contributed by atoms with Crippen LogP contribution in [0.1, 0.15) is 27.7 Å². The number of rotatable bonds is 0. The van der Waals surface area contributed by atoms with Crippen molar-refractivity contribution in [3.63, 3.8) is 0 Å². The molecule has 0 amide bonds. The molecule has 10 heavy (non-hydrogen) atoms. The molecule has 0 aromatic rings. The summed E-state index contributed by atoms with van der Waals surface area (Å²) >= 11 is 0. The first-order chi connectivity index (χ1) is 4.35. The predicted molar refractivity (Wildman–Crippen MR) is 48.8 cm³/mol. The van der Waals surface area contributed by atoms with Gasteiger partial charge < -0.3 is 0 Å². The molecular formula is C9H19B. The minimum Gasteiger partial charge on any atom is -0.0860 e. The van der Waals surface area contributed by atoms with E-state index in [-0.39, 0.29) is 0 Å². The maximum Gasteiger partial charge on any atom is 0.137 e. The summed E-state index contributed by atoms with van der Waals surface area (Å²) in [6.07, 6.45) is 2.81. The van der Waals surface area contributed by atoms with Crippen LogP contribution in [0.5, 0.6) is 0 Å². The Balaban J connectivity index is 2.78. The van der Waals surface area contributed by atoms with E-state index in [0.717, 1.165) is 6.71 Å². The minimum absolute atomic E-state index is 0.562. The highest BCUT2D eigenvalue weighted by molar-refractivity contribution is 6.58. The lowest BCUT2D eigenvalue weighted by Crippen LogP contribution is -2.24. The van der Waals surface area contributed by atoms with Gasteiger partial charge in [0.2, 0.25) is 0 Å². The maximum atomic E-state index is 2.40. The molecule has 0 spiro atoms. The van der Waals surface area contributed by atoms with E-state index in [1.165, 1.54) is 12.6 Å². The molecule has 1 fully saturated rings. The summed E-state index contributed by atoms with van der Waals surface area (Å²) in [5, 5.41) is 0. The normalized spacial score (nSPS) is 29.1. The molecule has 0 unspecified atom stereocenters. The lowest BCUT2D eigenvalue weighted by molar-refractivity contribution is 0.177. The molecule has 0 aromatic carbocycles. The largest absolute Gasteiger partial charge is 0.137 e. The van der Waals surface area contributed by atoms with Crippen LogP contribution >= 0.6 is 0 Å². The van der Waals surface area contributed by atoms with Crippen LogP contribution in [0, 0.1) is 10.8 Å². The smallest absolute Gasteiger partial charge is 0.0860 e. The highest BCUT2D eigenvalue weighted by atomic mass is 14.4. The second-order valence-electron chi connectivity index (χ2n) is 5.28. The van der Waals surface area contributed by atoms with Crippen LogP contribution in [0.25, 0.3) is 0 Å². The first-order valence-electron chi connectivity index (χ1n) is 4.35. The van der Waals surface area contributed by atoms with Gasteiger partial charge in [-0.15, -0.1) is 0 Å². The third-order valence-corrected chi connectivity index (χ3v) is 3.55. The summed E-state index contributed by atoms with van der Waals surface area (Å²) in [4.78, 5) is 0. The molecule has 0 saturated carbocycles. The van der Waals surface area contributed by atoms with E-state index in [0.29, 0.717) is 10.8 Å². The standard InChI is InChI=1S/C9H19B/c1-8(2)6-10(5)7-9(8,3)4/h6-7H2,1-5H3. The fourth-order valence-corrected chi connectivity index (χ4v) is 2.37. The Bertz CT molecular complexity index is 120. The highest BCUT2D eigenvalue weighted by Crippen LogP contribution is 2.52. The molecule has 1 aliphatic heterocycles. The van der Waals surface area contributed by atoms with Crippen LogP contribution in [-0.2, 0) is 0 Å². The average Bonchev–Trinajstić information content (AvgIpc) is 1.73. The molecule has 1 heterocycles. The number of hydrogen-bond donors (Lipinski definition) is 0. The fourth-order valence-electron chi connectivity index (χ4n) is 2.37. The van der Waals surface area contributed by atoms with Gasteiger partial charge in [0.1, 0.15) is 6.71 Å². The third kappa shape index (κ3) is 1.11. The number of hydrogen-bond acceptors (Lipinski definition) is 0. The van der Waals surface area contributed by atoms with Crippen molar-refractivity contribution in [2.24, 2.45) is 10.8 Å². The Kier molecular flexibility index (Phi) is 1.65. The van der Waals surface area contributed by atoms with Gasteiger partial charge in [0, 0.05) is 0 Å².